The molecule has 0 bridgehead atoms. The van der Waals surface area contributed by atoms with Crippen molar-refractivity contribution in [3.05, 3.63) is 46.9 Å². The average molecular weight is 440 g/mol. The van der Waals surface area contributed by atoms with Crippen molar-refractivity contribution in [1.82, 2.24) is 15.0 Å². The lowest BCUT2D eigenvalue weighted by Crippen LogP contribution is -2.36. The molecule has 2 fully saturated rings. The second-order valence-corrected chi connectivity index (χ2v) is 7.64. The summed E-state index contributed by atoms with van der Waals surface area (Å²) in [7, 11) is 0. The zero-order valence-electron chi connectivity index (χ0n) is 16.6. The minimum absolute atomic E-state index is 0.0431. The molecule has 0 unspecified atom stereocenters. The standard InChI is InChI=1S/C19H21F3N4O2.CH2O2/c20-13-9-15(22)14(21)7-11(13)6-12(23)8-17(27)26-5-1-2-16(26)19-24-18(25-28-19)10-3-4-10;2-1-3/h7,9-10,12,16H,1-6,8,23H2;1H,(H,2,3)/t12-,16+;/m1./s1. The fraction of sp³-hybridized carbons (Fsp3) is 0.500. The Kier molecular flexibility index (Phi) is 7.26. The lowest BCUT2D eigenvalue weighted by Gasteiger charge is -2.23. The number of aromatic nitrogens is 2. The van der Waals surface area contributed by atoms with Crippen LogP contribution in [-0.4, -0.2) is 45.1 Å². The summed E-state index contributed by atoms with van der Waals surface area (Å²) < 4.78 is 45.5. The van der Waals surface area contributed by atoms with Gasteiger partial charge in [0.05, 0.1) is 0 Å². The predicted molar refractivity (Wildman–Crippen MR) is 101 cm³/mol. The molecule has 31 heavy (non-hydrogen) atoms. The highest BCUT2D eigenvalue weighted by Gasteiger charge is 2.36. The Morgan fingerprint density at radius 2 is 1.94 bits per heavy atom. The van der Waals surface area contributed by atoms with E-state index < -0.39 is 23.5 Å². The number of carbonyl (C=O) groups excluding carboxylic acids is 1. The quantitative estimate of drug-likeness (QED) is 0.523. The van der Waals surface area contributed by atoms with Crippen LogP contribution in [0.2, 0.25) is 0 Å². The summed E-state index contributed by atoms with van der Waals surface area (Å²) >= 11 is 0. The Morgan fingerprint density at radius 1 is 1.26 bits per heavy atom. The van der Waals surface area contributed by atoms with Gasteiger partial charge in [-0.15, -0.1) is 0 Å². The largest absolute Gasteiger partial charge is 0.483 e. The number of carboxylic acid groups (broad SMARTS) is 1. The molecule has 1 aliphatic carbocycles. The van der Waals surface area contributed by atoms with E-state index in [4.69, 9.17) is 20.2 Å². The smallest absolute Gasteiger partial charge is 0.290 e. The van der Waals surface area contributed by atoms with Crippen molar-refractivity contribution >= 4 is 12.4 Å². The third-order valence-corrected chi connectivity index (χ3v) is 5.27. The van der Waals surface area contributed by atoms with Gasteiger partial charge in [-0.25, -0.2) is 13.2 Å². The third kappa shape index (κ3) is 5.60. The predicted octanol–water partition coefficient (Wildman–Crippen LogP) is 2.69. The van der Waals surface area contributed by atoms with Crippen LogP contribution < -0.4 is 5.73 Å². The van der Waals surface area contributed by atoms with E-state index in [-0.39, 0.29) is 36.8 Å². The fourth-order valence-electron chi connectivity index (χ4n) is 3.63. The molecule has 1 aromatic heterocycles. The van der Waals surface area contributed by atoms with Crippen LogP contribution >= 0.6 is 0 Å². The van der Waals surface area contributed by atoms with Crippen LogP contribution in [0.4, 0.5) is 13.2 Å². The van der Waals surface area contributed by atoms with Gasteiger partial charge in [0, 0.05) is 31.0 Å². The van der Waals surface area contributed by atoms with Crippen molar-refractivity contribution in [2.45, 2.75) is 56.5 Å². The van der Waals surface area contributed by atoms with Crippen molar-refractivity contribution < 1.29 is 32.4 Å². The minimum Gasteiger partial charge on any atom is -0.483 e. The van der Waals surface area contributed by atoms with Gasteiger partial charge < -0.3 is 20.3 Å². The molecule has 1 aliphatic heterocycles. The van der Waals surface area contributed by atoms with Crippen molar-refractivity contribution in [2.75, 3.05) is 6.54 Å². The van der Waals surface area contributed by atoms with Gasteiger partial charge in [0.25, 0.3) is 6.47 Å². The number of nitrogens with two attached hydrogens (primary N) is 1. The van der Waals surface area contributed by atoms with E-state index in [0.717, 1.165) is 31.7 Å². The van der Waals surface area contributed by atoms with E-state index in [2.05, 4.69) is 10.1 Å². The summed E-state index contributed by atoms with van der Waals surface area (Å²) in [5.74, 6) is -1.98. The van der Waals surface area contributed by atoms with Crippen LogP contribution in [0.5, 0.6) is 0 Å². The van der Waals surface area contributed by atoms with E-state index in [1.165, 1.54) is 0 Å². The zero-order chi connectivity index (χ0) is 22.5. The number of hydrogen-bond acceptors (Lipinski definition) is 6. The van der Waals surface area contributed by atoms with Gasteiger partial charge in [-0.2, -0.15) is 4.98 Å². The molecule has 1 amide bonds. The van der Waals surface area contributed by atoms with Gasteiger partial charge >= 0.3 is 0 Å². The van der Waals surface area contributed by atoms with Crippen molar-refractivity contribution in [3.63, 3.8) is 0 Å². The number of halogens is 3. The van der Waals surface area contributed by atoms with Crippen LogP contribution in [0, 0.1) is 17.5 Å². The first-order valence-corrected chi connectivity index (χ1v) is 9.93. The highest BCUT2D eigenvalue weighted by molar-refractivity contribution is 5.77. The number of rotatable bonds is 6. The van der Waals surface area contributed by atoms with Gasteiger partial charge in [0.2, 0.25) is 11.8 Å². The van der Waals surface area contributed by atoms with E-state index in [9.17, 15) is 18.0 Å². The summed E-state index contributed by atoms with van der Waals surface area (Å²) in [6.07, 6.45) is 3.54. The Labute approximate surface area is 176 Å². The maximum Gasteiger partial charge on any atom is 0.290 e. The molecule has 3 N–H and O–H groups in total. The molecule has 1 aromatic carbocycles. The molecular weight excluding hydrogens is 417 g/mol. The van der Waals surface area contributed by atoms with E-state index in [1.807, 2.05) is 0 Å². The molecule has 0 spiro atoms. The first kappa shape index (κ1) is 22.7. The fourth-order valence-corrected chi connectivity index (χ4v) is 3.63. The minimum atomic E-state index is -1.25. The van der Waals surface area contributed by atoms with Gasteiger partial charge in [-0.3, -0.25) is 9.59 Å². The van der Waals surface area contributed by atoms with Gasteiger partial charge in [-0.05, 0) is 43.7 Å². The SMILES string of the molecule is N[C@@H](CC(=O)N1CCC[C@H]1c1nc(C2CC2)no1)Cc1cc(F)c(F)cc1F.O=CO. The normalized spacial score (nSPS) is 19.0. The lowest BCUT2D eigenvalue weighted by molar-refractivity contribution is -0.133. The first-order valence-electron chi connectivity index (χ1n) is 9.93. The molecule has 1 saturated carbocycles. The lowest BCUT2D eigenvalue weighted by atomic mass is 10.0. The molecular formula is C20H23F3N4O4. The topological polar surface area (TPSA) is 123 Å². The van der Waals surface area contributed by atoms with Crippen molar-refractivity contribution in [3.8, 4) is 0 Å². The first-order chi connectivity index (χ1) is 14.8. The van der Waals surface area contributed by atoms with Crippen LogP contribution in [0.25, 0.3) is 0 Å². The Balaban J connectivity index is 0.000000858. The van der Waals surface area contributed by atoms with Gasteiger partial charge in [0.1, 0.15) is 11.9 Å². The Hall–Kier alpha value is -2.95. The number of nitrogens with zero attached hydrogens (tertiary/aromatic N) is 3. The highest BCUT2D eigenvalue weighted by atomic mass is 19.2. The number of hydrogen-bond donors (Lipinski definition) is 2. The molecule has 1 saturated heterocycles. The summed E-state index contributed by atoms with van der Waals surface area (Å²) in [6.45, 7) is 0.302. The van der Waals surface area contributed by atoms with Crippen LogP contribution in [0.15, 0.2) is 16.7 Å². The summed E-state index contributed by atoms with van der Waals surface area (Å²) in [5, 5.41) is 10.9. The van der Waals surface area contributed by atoms with Crippen LogP contribution in [0.3, 0.4) is 0 Å². The summed E-state index contributed by atoms with van der Waals surface area (Å²) in [5.41, 5.74) is 5.93. The van der Waals surface area contributed by atoms with E-state index >= 15 is 0 Å². The second-order valence-electron chi connectivity index (χ2n) is 7.64. The molecule has 11 heteroatoms. The summed E-state index contributed by atoms with van der Waals surface area (Å²) in [4.78, 5) is 27.2. The monoisotopic (exact) mass is 440 g/mol. The molecule has 2 atom stereocenters. The molecule has 168 valence electrons. The zero-order valence-corrected chi connectivity index (χ0v) is 16.6. The maximum absolute atomic E-state index is 13.8. The van der Waals surface area contributed by atoms with Gasteiger partial charge in [0.15, 0.2) is 17.5 Å². The van der Waals surface area contributed by atoms with Gasteiger partial charge in [-0.1, -0.05) is 5.16 Å². The Bertz CT molecular complexity index is 935. The number of carbonyl (C=O) groups is 2. The van der Waals surface area contributed by atoms with E-state index in [0.29, 0.717) is 30.2 Å². The number of benzene rings is 1. The molecule has 2 aliphatic rings. The van der Waals surface area contributed by atoms with Crippen molar-refractivity contribution in [1.29, 1.82) is 0 Å². The second kappa shape index (κ2) is 9.90. The molecule has 0 radical (unpaired) electrons. The molecule has 2 heterocycles. The number of likely N-dealkylation sites (tertiary alicyclic amines) is 1. The van der Waals surface area contributed by atoms with Crippen LogP contribution in [0.1, 0.15) is 61.3 Å². The summed E-state index contributed by atoms with van der Waals surface area (Å²) in [6, 6.07) is 0.270. The Morgan fingerprint density at radius 3 is 2.61 bits per heavy atom. The molecule has 2 aromatic rings. The number of amides is 1. The molecule has 8 nitrogen and oxygen atoms in total. The maximum atomic E-state index is 13.8. The highest BCUT2D eigenvalue weighted by Crippen LogP contribution is 2.39. The van der Waals surface area contributed by atoms with Crippen molar-refractivity contribution in [2.24, 2.45) is 5.73 Å². The third-order valence-electron chi connectivity index (χ3n) is 5.27. The molecule has 4 rings (SSSR count). The van der Waals surface area contributed by atoms with Crippen LogP contribution in [-0.2, 0) is 16.0 Å². The average Bonchev–Trinajstić information content (AvgIpc) is 3.24. The van der Waals surface area contributed by atoms with E-state index in [1.54, 1.807) is 4.90 Å².